The summed E-state index contributed by atoms with van der Waals surface area (Å²) in [5.41, 5.74) is 1.15. The molecule has 1 unspecified atom stereocenters. The lowest BCUT2D eigenvalue weighted by atomic mass is 9.91. The number of rotatable bonds is 5. The van der Waals surface area contributed by atoms with Crippen LogP contribution in [-0.4, -0.2) is 17.5 Å². The van der Waals surface area contributed by atoms with Crippen LogP contribution in [0, 0.1) is 0 Å². The first kappa shape index (κ1) is 13.8. The molecular weight excluding hydrogens is 254 g/mol. The van der Waals surface area contributed by atoms with Crippen molar-refractivity contribution in [2.24, 2.45) is 0 Å². The fourth-order valence-electron chi connectivity index (χ4n) is 2.01. The number of aliphatic carboxylic acids is 1. The molecule has 2 N–H and O–H groups in total. The van der Waals surface area contributed by atoms with Gasteiger partial charge in [0.2, 0.25) is 6.41 Å². The van der Waals surface area contributed by atoms with Crippen molar-refractivity contribution in [2.45, 2.75) is 12.5 Å². The van der Waals surface area contributed by atoms with Crippen LogP contribution in [0.2, 0.25) is 0 Å². The summed E-state index contributed by atoms with van der Waals surface area (Å²) in [4.78, 5) is 22.0. The van der Waals surface area contributed by atoms with Crippen molar-refractivity contribution in [2.75, 3.05) is 0 Å². The van der Waals surface area contributed by atoms with E-state index >= 15 is 0 Å². The van der Waals surface area contributed by atoms with Gasteiger partial charge in [0, 0.05) is 0 Å². The number of carbonyl (C=O) groups excluding carboxylic acids is 1. The number of carbonyl (C=O) groups is 2. The van der Waals surface area contributed by atoms with Gasteiger partial charge in [-0.25, -0.2) is 4.79 Å². The lowest BCUT2D eigenvalue weighted by Gasteiger charge is -2.24. The number of benzene rings is 2. The second-order valence-corrected chi connectivity index (χ2v) is 4.64. The summed E-state index contributed by atoms with van der Waals surface area (Å²) in [6, 6.07) is 16.9. The van der Waals surface area contributed by atoms with E-state index in [2.05, 4.69) is 5.32 Å². The van der Waals surface area contributed by atoms with Crippen LogP contribution in [0.4, 0.5) is 0 Å². The average molecular weight is 269 g/mol. The first-order valence-corrected chi connectivity index (χ1v) is 6.18. The normalized spacial score (nSPS) is 13.2. The molecule has 1 amide bonds. The standard InChI is InChI=1S/C16H15NO3/c1-16(15(19)20,17-11-18)14-9-7-13(8-10-14)12-5-3-2-4-6-12/h2-11H,1H3,(H,17,18)(H,19,20). The van der Waals surface area contributed by atoms with Crippen molar-refractivity contribution in [3.8, 4) is 11.1 Å². The van der Waals surface area contributed by atoms with Crippen LogP contribution in [0.5, 0.6) is 0 Å². The Morgan fingerprint density at radius 1 is 1.05 bits per heavy atom. The Morgan fingerprint density at radius 2 is 1.60 bits per heavy atom. The number of amides is 1. The first-order valence-electron chi connectivity index (χ1n) is 6.18. The van der Waals surface area contributed by atoms with Crippen LogP contribution in [0.1, 0.15) is 12.5 Å². The lowest BCUT2D eigenvalue weighted by Crippen LogP contribution is -2.45. The zero-order valence-corrected chi connectivity index (χ0v) is 11.0. The molecule has 0 aliphatic rings. The van der Waals surface area contributed by atoms with Crippen LogP contribution in [0.25, 0.3) is 11.1 Å². The van der Waals surface area contributed by atoms with Gasteiger partial charge in [-0.1, -0.05) is 54.6 Å². The molecule has 0 heterocycles. The van der Waals surface area contributed by atoms with Crippen molar-refractivity contribution >= 4 is 12.4 Å². The molecule has 0 fully saturated rings. The second kappa shape index (κ2) is 5.57. The fraction of sp³-hybridized carbons (Fsp3) is 0.125. The zero-order valence-electron chi connectivity index (χ0n) is 11.0. The average Bonchev–Trinajstić information content (AvgIpc) is 2.48. The largest absolute Gasteiger partial charge is 0.479 e. The highest BCUT2D eigenvalue weighted by Gasteiger charge is 2.34. The SMILES string of the molecule is CC(NC=O)(C(=O)O)c1ccc(-c2ccccc2)cc1. The fourth-order valence-corrected chi connectivity index (χ4v) is 2.01. The number of hydrogen-bond acceptors (Lipinski definition) is 2. The maximum absolute atomic E-state index is 11.3. The maximum Gasteiger partial charge on any atom is 0.333 e. The highest BCUT2D eigenvalue weighted by molar-refractivity contribution is 5.83. The van der Waals surface area contributed by atoms with Crippen LogP contribution in [-0.2, 0) is 15.1 Å². The Morgan fingerprint density at radius 3 is 2.10 bits per heavy atom. The van der Waals surface area contributed by atoms with Crippen molar-refractivity contribution < 1.29 is 14.7 Å². The van der Waals surface area contributed by atoms with Crippen molar-refractivity contribution in [1.29, 1.82) is 0 Å². The van der Waals surface area contributed by atoms with Gasteiger partial charge >= 0.3 is 5.97 Å². The predicted octanol–water partition coefficient (Wildman–Crippen LogP) is 2.40. The number of nitrogens with one attached hydrogen (secondary N) is 1. The van der Waals surface area contributed by atoms with E-state index < -0.39 is 11.5 Å². The summed E-state index contributed by atoms with van der Waals surface area (Å²) in [6.45, 7) is 1.46. The van der Waals surface area contributed by atoms with E-state index in [1.54, 1.807) is 12.1 Å². The molecule has 2 aromatic carbocycles. The van der Waals surface area contributed by atoms with E-state index in [1.165, 1.54) is 6.92 Å². The molecule has 2 aromatic rings. The molecule has 0 aliphatic heterocycles. The van der Waals surface area contributed by atoms with Crippen LogP contribution in [0.15, 0.2) is 54.6 Å². The van der Waals surface area contributed by atoms with Gasteiger partial charge < -0.3 is 10.4 Å². The molecule has 1 atom stereocenters. The predicted molar refractivity (Wildman–Crippen MR) is 76.1 cm³/mol. The molecule has 0 saturated heterocycles. The minimum atomic E-state index is -1.42. The highest BCUT2D eigenvalue weighted by Crippen LogP contribution is 2.25. The lowest BCUT2D eigenvalue weighted by molar-refractivity contribution is -0.145. The van der Waals surface area contributed by atoms with Crippen LogP contribution in [0.3, 0.4) is 0 Å². The molecule has 0 aromatic heterocycles. The molecule has 0 radical (unpaired) electrons. The Bertz CT molecular complexity index is 607. The smallest absolute Gasteiger partial charge is 0.333 e. The third-order valence-electron chi connectivity index (χ3n) is 3.34. The zero-order chi connectivity index (χ0) is 14.6. The van der Waals surface area contributed by atoms with Crippen LogP contribution < -0.4 is 5.32 Å². The van der Waals surface area contributed by atoms with Gasteiger partial charge in [-0.15, -0.1) is 0 Å². The molecule has 0 saturated carbocycles. The quantitative estimate of drug-likeness (QED) is 0.819. The van der Waals surface area contributed by atoms with Crippen molar-refractivity contribution in [1.82, 2.24) is 5.32 Å². The van der Waals surface area contributed by atoms with E-state index in [4.69, 9.17) is 0 Å². The Hall–Kier alpha value is -2.62. The van der Waals surface area contributed by atoms with Crippen LogP contribution >= 0.6 is 0 Å². The molecule has 4 heteroatoms. The van der Waals surface area contributed by atoms with Gasteiger partial charge in [-0.05, 0) is 23.6 Å². The number of hydrogen-bond donors (Lipinski definition) is 2. The molecule has 0 aliphatic carbocycles. The molecule has 4 nitrogen and oxygen atoms in total. The Kier molecular flexibility index (Phi) is 3.84. The van der Waals surface area contributed by atoms with E-state index in [0.29, 0.717) is 12.0 Å². The summed E-state index contributed by atoms with van der Waals surface area (Å²) in [6.07, 6.45) is 0.402. The van der Waals surface area contributed by atoms with E-state index in [1.807, 2.05) is 42.5 Å². The summed E-state index contributed by atoms with van der Waals surface area (Å²) >= 11 is 0. The summed E-state index contributed by atoms with van der Waals surface area (Å²) < 4.78 is 0. The summed E-state index contributed by atoms with van der Waals surface area (Å²) in [7, 11) is 0. The summed E-state index contributed by atoms with van der Waals surface area (Å²) in [5.74, 6) is -1.10. The third kappa shape index (κ3) is 2.54. The topological polar surface area (TPSA) is 66.4 Å². The maximum atomic E-state index is 11.3. The number of carboxylic acid groups (broad SMARTS) is 1. The van der Waals surface area contributed by atoms with Gasteiger partial charge in [0.25, 0.3) is 0 Å². The monoisotopic (exact) mass is 269 g/mol. The van der Waals surface area contributed by atoms with E-state index in [0.717, 1.165) is 11.1 Å². The molecule has 0 spiro atoms. The van der Waals surface area contributed by atoms with Gasteiger partial charge in [0.05, 0.1) is 0 Å². The first-order chi connectivity index (χ1) is 9.58. The Labute approximate surface area is 117 Å². The van der Waals surface area contributed by atoms with Gasteiger partial charge in [0.1, 0.15) is 0 Å². The van der Waals surface area contributed by atoms with Gasteiger partial charge in [-0.3, -0.25) is 4.79 Å². The van der Waals surface area contributed by atoms with E-state index in [-0.39, 0.29) is 0 Å². The molecule has 2 rings (SSSR count). The van der Waals surface area contributed by atoms with Crippen molar-refractivity contribution in [3.63, 3.8) is 0 Å². The van der Waals surface area contributed by atoms with E-state index in [9.17, 15) is 14.7 Å². The summed E-state index contributed by atoms with van der Waals surface area (Å²) in [5, 5.41) is 11.6. The Balaban J connectivity index is 2.37. The molecule has 102 valence electrons. The van der Waals surface area contributed by atoms with Crippen molar-refractivity contribution in [3.05, 3.63) is 60.2 Å². The molecule has 0 bridgehead atoms. The van der Waals surface area contributed by atoms with Gasteiger partial charge in [0.15, 0.2) is 5.54 Å². The minimum Gasteiger partial charge on any atom is -0.479 e. The molecule has 20 heavy (non-hydrogen) atoms. The third-order valence-corrected chi connectivity index (χ3v) is 3.34. The highest BCUT2D eigenvalue weighted by atomic mass is 16.4. The van der Waals surface area contributed by atoms with Gasteiger partial charge in [-0.2, -0.15) is 0 Å². The minimum absolute atomic E-state index is 0.402. The number of carboxylic acids is 1. The molecular formula is C16H15NO3. The second-order valence-electron chi connectivity index (χ2n) is 4.64.